The van der Waals surface area contributed by atoms with Gasteiger partial charge in [0.15, 0.2) is 0 Å². The summed E-state index contributed by atoms with van der Waals surface area (Å²) in [6.07, 6.45) is 0.808. The summed E-state index contributed by atoms with van der Waals surface area (Å²) in [5, 5.41) is 2.76. The van der Waals surface area contributed by atoms with E-state index >= 15 is 0 Å². The summed E-state index contributed by atoms with van der Waals surface area (Å²) >= 11 is 0. The molecule has 0 bridgehead atoms. The molecule has 0 aliphatic heterocycles. The molecule has 0 aromatic heterocycles. The second-order valence-corrected chi connectivity index (χ2v) is 3.98. The van der Waals surface area contributed by atoms with Crippen molar-refractivity contribution < 1.29 is 9.53 Å². The van der Waals surface area contributed by atoms with Crippen LogP contribution >= 0.6 is 0 Å². The smallest absolute Gasteiger partial charge is 0.233 e. The van der Waals surface area contributed by atoms with Crippen LogP contribution in [0.25, 0.3) is 0 Å². The van der Waals surface area contributed by atoms with Crippen molar-refractivity contribution in [3.8, 4) is 5.75 Å². The van der Waals surface area contributed by atoms with Crippen molar-refractivity contribution in [3.05, 3.63) is 28.8 Å². The number of rotatable bonds is 5. The van der Waals surface area contributed by atoms with Gasteiger partial charge in [-0.1, -0.05) is 6.07 Å². The van der Waals surface area contributed by atoms with Crippen molar-refractivity contribution in [1.29, 1.82) is 0 Å². The van der Waals surface area contributed by atoms with Gasteiger partial charge >= 0.3 is 0 Å². The van der Waals surface area contributed by atoms with Gasteiger partial charge in [0.25, 0.3) is 0 Å². The molecule has 0 unspecified atom stereocenters. The molecule has 0 aliphatic rings. The van der Waals surface area contributed by atoms with Crippen molar-refractivity contribution in [2.24, 2.45) is 5.73 Å². The summed E-state index contributed by atoms with van der Waals surface area (Å²) in [7, 11) is 1.67. The molecule has 94 valence electrons. The van der Waals surface area contributed by atoms with Crippen LogP contribution in [0, 0.1) is 13.8 Å². The fraction of sp³-hybridized carbons (Fsp3) is 0.462. The van der Waals surface area contributed by atoms with Gasteiger partial charge in [0.2, 0.25) is 5.91 Å². The van der Waals surface area contributed by atoms with Crippen LogP contribution < -0.4 is 15.8 Å². The third-order valence-corrected chi connectivity index (χ3v) is 2.97. The van der Waals surface area contributed by atoms with E-state index in [-0.39, 0.29) is 12.5 Å². The third kappa shape index (κ3) is 3.46. The lowest BCUT2D eigenvalue weighted by Crippen LogP contribution is -2.31. The molecule has 0 fully saturated rings. The van der Waals surface area contributed by atoms with Gasteiger partial charge in [-0.3, -0.25) is 4.79 Å². The monoisotopic (exact) mass is 236 g/mol. The molecule has 0 aliphatic carbocycles. The normalized spacial score (nSPS) is 10.1. The van der Waals surface area contributed by atoms with Crippen LogP contribution in [-0.2, 0) is 11.2 Å². The van der Waals surface area contributed by atoms with E-state index in [1.165, 1.54) is 11.1 Å². The molecule has 4 nitrogen and oxygen atoms in total. The fourth-order valence-electron chi connectivity index (χ4n) is 1.75. The van der Waals surface area contributed by atoms with Crippen molar-refractivity contribution >= 4 is 5.91 Å². The number of benzene rings is 1. The van der Waals surface area contributed by atoms with Crippen LogP contribution in [0.2, 0.25) is 0 Å². The first-order valence-corrected chi connectivity index (χ1v) is 5.70. The van der Waals surface area contributed by atoms with E-state index in [4.69, 9.17) is 10.5 Å². The van der Waals surface area contributed by atoms with Crippen molar-refractivity contribution in [3.63, 3.8) is 0 Å². The van der Waals surface area contributed by atoms with E-state index < -0.39 is 0 Å². The first-order valence-electron chi connectivity index (χ1n) is 5.70. The zero-order valence-electron chi connectivity index (χ0n) is 10.7. The molecule has 0 heterocycles. The summed E-state index contributed by atoms with van der Waals surface area (Å²) in [6, 6.07) is 4.00. The third-order valence-electron chi connectivity index (χ3n) is 2.97. The average Bonchev–Trinajstić information content (AvgIpc) is 2.34. The van der Waals surface area contributed by atoms with E-state index in [0.29, 0.717) is 6.54 Å². The van der Waals surface area contributed by atoms with E-state index in [0.717, 1.165) is 17.7 Å². The summed E-state index contributed by atoms with van der Waals surface area (Å²) < 4.78 is 5.25. The number of nitrogens with one attached hydrogen (secondary N) is 1. The molecule has 1 aromatic rings. The minimum atomic E-state index is -0.118. The first kappa shape index (κ1) is 13.5. The highest BCUT2D eigenvalue weighted by atomic mass is 16.5. The Hall–Kier alpha value is -1.55. The maximum Gasteiger partial charge on any atom is 0.233 e. The molecular formula is C13H20N2O2. The number of methoxy groups -OCH3 is 1. The quantitative estimate of drug-likeness (QED) is 0.799. The van der Waals surface area contributed by atoms with Gasteiger partial charge < -0.3 is 15.8 Å². The van der Waals surface area contributed by atoms with Crippen LogP contribution in [0.5, 0.6) is 5.75 Å². The predicted octanol–water partition coefficient (Wildman–Crippen LogP) is 0.929. The van der Waals surface area contributed by atoms with Gasteiger partial charge in [0.1, 0.15) is 5.75 Å². The number of hydrogen-bond donors (Lipinski definition) is 2. The summed E-state index contributed by atoms with van der Waals surface area (Å²) in [5.74, 6) is 0.783. The molecule has 1 aromatic carbocycles. The molecular weight excluding hydrogens is 216 g/mol. The molecule has 0 saturated heterocycles. The highest BCUT2D eigenvalue weighted by molar-refractivity contribution is 5.77. The van der Waals surface area contributed by atoms with Gasteiger partial charge in [0.05, 0.1) is 13.7 Å². The maximum atomic E-state index is 11.0. The largest absolute Gasteiger partial charge is 0.496 e. The molecule has 1 rings (SSSR count). The summed E-state index contributed by atoms with van der Waals surface area (Å²) in [6.45, 7) is 4.76. The lowest BCUT2D eigenvalue weighted by atomic mass is 10.00. The molecule has 0 saturated carbocycles. The highest BCUT2D eigenvalue weighted by Crippen LogP contribution is 2.23. The fourth-order valence-corrected chi connectivity index (χ4v) is 1.75. The summed E-state index contributed by atoms with van der Waals surface area (Å²) in [4.78, 5) is 11.0. The van der Waals surface area contributed by atoms with Crippen molar-refractivity contribution in [2.75, 3.05) is 20.2 Å². The summed E-state index contributed by atoms with van der Waals surface area (Å²) in [5.41, 5.74) is 8.80. The van der Waals surface area contributed by atoms with Crippen LogP contribution in [-0.4, -0.2) is 26.1 Å². The number of ether oxygens (including phenoxy) is 1. The van der Waals surface area contributed by atoms with Gasteiger partial charge in [0, 0.05) is 6.54 Å². The Morgan fingerprint density at radius 2 is 2.06 bits per heavy atom. The molecule has 3 N–H and O–H groups in total. The van der Waals surface area contributed by atoms with Crippen LogP contribution in [0.15, 0.2) is 12.1 Å². The Kier molecular flexibility index (Phi) is 4.97. The highest BCUT2D eigenvalue weighted by Gasteiger charge is 2.06. The molecule has 17 heavy (non-hydrogen) atoms. The maximum absolute atomic E-state index is 11.0. The SMILES string of the molecule is COc1ccc(CCNC(=O)CN)c(C)c1C. The zero-order chi connectivity index (χ0) is 12.8. The van der Waals surface area contributed by atoms with Crippen molar-refractivity contribution in [1.82, 2.24) is 5.32 Å². The predicted molar refractivity (Wildman–Crippen MR) is 68.2 cm³/mol. The van der Waals surface area contributed by atoms with Crippen molar-refractivity contribution in [2.45, 2.75) is 20.3 Å². The van der Waals surface area contributed by atoms with Gasteiger partial charge in [-0.2, -0.15) is 0 Å². The van der Waals surface area contributed by atoms with E-state index in [1.807, 2.05) is 19.1 Å². The van der Waals surface area contributed by atoms with Gasteiger partial charge in [-0.25, -0.2) is 0 Å². The lowest BCUT2D eigenvalue weighted by molar-refractivity contribution is -0.119. The zero-order valence-corrected chi connectivity index (χ0v) is 10.7. The second-order valence-electron chi connectivity index (χ2n) is 3.98. The first-order chi connectivity index (χ1) is 8.10. The number of amides is 1. The standard InChI is InChI=1S/C13H20N2O2/c1-9-10(2)12(17-3)5-4-11(9)6-7-15-13(16)8-14/h4-5H,6-8,14H2,1-3H3,(H,15,16). The Morgan fingerprint density at radius 1 is 1.35 bits per heavy atom. The number of hydrogen-bond acceptors (Lipinski definition) is 3. The average molecular weight is 236 g/mol. The van der Waals surface area contributed by atoms with Gasteiger partial charge in [-0.15, -0.1) is 0 Å². The second kappa shape index (κ2) is 6.25. The van der Waals surface area contributed by atoms with Crippen LogP contribution in [0.4, 0.5) is 0 Å². The minimum Gasteiger partial charge on any atom is -0.496 e. The molecule has 0 atom stereocenters. The van der Waals surface area contributed by atoms with E-state index in [1.54, 1.807) is 7.11 Å². The lowest BCUT2D eigenvalue weighted by Gasteiger charge is -2.12. The molecule has 1 amide bonds. The molecule has 4 heteroatoms. The Bertz CT molecular complexity index is 403. The molecule has 0 radical (unpaired) electrons. The van der Waals surface area contributed by atoms with Gasteiger partial charge in [-0.05, 0) is 43.0 Å². The number of carbonyl (C=O) groups is 1. The number of carbonyl (C=O) groups excluding carboxylic acids is 1. The minimum absolute atomic E-state index is 0.0423. The Balaban J connectivity index is 2.66. The topological polar surface area (TPSA) is 64.3 Å². The Morgan fingerprint density at radius 3 is 2.65 bits per heavy atom. The van der Waals surface area contributed by atoms with E-state index in [2.05, 4.69) is 12.2 Å². The van der Waals surface area contributed by atoms with Crippen LogP contribution in [0.3, 0.4) is 0 Å². The van der Waals surface area contributed by atoms with Crippen LogP contribution in [0.1, 0.15) is 16.7 Å². The Labute approximate surface area is 102 Å². The number of nitrogens with two attached hydrogens (primary N) is 1. The molecule has 0 spiro atoms. The van der Waals surface area contributed by atoms with E-state index in [9.17, 15) is 4.79 Å².